The highest BCUT2D eigenvalue weighted by Gasteiger charge is 2.84. The number of nitrogens with zero attached hydrogens (tertiary/aromatic N) is 1. The summed E-state index contributed by atoms with van der Waals surface area (Å²) in [7, 11) is 0. The van der Waals surface area contributed by atoms with Crippen LogP contribution in [0.2, 0.25) is 0 Å². The van der Waals surface area contributed by atoms with Crippen LogP contribution in [0, 0.1) is 57.2 Å². The standard InChI is InChI=1S/C27H41NO3/c1-5-6-7-8-9-12-31-17-26-15-21-19(4)10-11-22(21)25(16-28)14-20(26)13-23(18(2)3)27(25,26)24(29)30/h13,18-22H,5-12,14-15,17H2,1-4H3,(H,29,30)/t19?,20?,21?,22?,25-,26+,27?/m0/s1. The Kier molecular flexibility index (Phi) is 6.05. The number of hydrogen-bond acceptors (Lipinski definition) is 3. The van der Waals surface area contributed by atoms with Crippen LogP contribution >= 0.6 is 0 Å². The molecule has 5 unspecified atom stereocenters. The highest BCUT2D eigenvalue weighted by atomic mass is 16.5. The van der Waals surface area contributed by atoms with Crippen LogP contribution in [0.25, 0.3) is 0 Å². The van der Waals surface area contributed by atoms with Gasteiger partial charge in [0, 0.05) is 12.0 Å². The summed E-state index contributed by atoms with van der Waals surface area (Å²) in [5, 5.41) is 21.6. The highest BCUT2D eigenvalue weighted by Crippen LogP contribution is 2.83. The number of ether oxygens (including phenoxy) is 1. The fourth-order valence-corrected chi connectivity index (χ4v) is 8.60. The number of fused-ring (bicyclic) bond motifs is 2. The number of nitriles is 1. The minimum absolute atomic E-state index is 0.137. The van der Waals surface area contributed by atoms with Crippen molar-refractivity contribution in [1.82, 2.24) is 0 Å². The number of hydrogen-bond donors (Lipinski definition) is 1. The molecule has 1 N–H and O–H groups in total. The van der Waals surface area contributed by atoms with Crippen LogP contribution in [-0.4, -0.2) is 24.3 Å². The molecular formula is C27H41NO3. The second-order valence-electron chi connectivity index (χ2n) is 11.4. The number of unbranched alkanes of at least 4 members (excludes halogenated alkanes) is 4. The Labute approximate surface area is 188 Å². The number of rotatable bonds is 10. The van der Waals surface area contributed by atoms with E-state index in [9.17, 15) is 15.2 Å². The van der Waals surface area contributed by atoms with Gasteiger partial charge in [0.1, 0.15) is 5.41 Å². The summed E-state index contributed by atoms with van der Waals surface area (Å²) in [6.07, 6.45) is 12.0. The molecule has 0 amide bonds. The Bertz CT molecular complexity index is 782. The Balaban J connectivity index is 1.69. The molecule has 0 aromatic carbocycles. The van der Waals surface area contributed by atoms with Crippen LogP contribution in [0.4, 0.5) is 0 Å². The molecule has 0 saturated heterocycles. The Morgan fingerprint density at radius 3 is 2.65 bits per heavy atom. The summed E-state index contributed by atoms with van der Waals surface area (Å²) in [4.78, 5) is 13.3. The van der Waals surface area contributed by atoms with E-state index in [4.69, 9.17) is 4.74 Å². The molecule has 4 bridgehead atoms. The fraction of sp³-hybridized carbons (Fsp3) is 0.852. The van der Waals surface area contributed by atoms with Crippen molar-refractivity contribution in [3.8, 4) is 6.07 Å². The zero-order valence-corrected chi connectivity index (χ0v) is 20.0. The molecule has 4 aliphatic carbocycles. The molecule has 31 heavy (non-hydrogen) atoms. The Morgan fingerprint density at radius 2 is 2.00 bits per heavy atom. The van der Waals surface area contributed by atoms with Gasteiger partial charge in [-0.2, -0.15) is 5.26 Å². The van der Waals surface area contributed by atoms with Gasteiger partial charge in [0.05, 0.1) is 18.1 Å². The minimum atomic E-state index is -1.08. The third kappa shape index (κ3) is 2.84. The van der Waals surface area contributed by atoms with E-state index in [1.165, 1.54) is 25.7 Å². The summed E-state index contributed by atoms with van der Waals surface area (Å²) in [5.41, 5.74) is -1.31. The Hall–Kier alpha value is -1.34. The first kappa shape index (κ1) is 22.8. The maximum Gasteiger partial charge on any atom is 0.316 e. The van der Waals surface area contributed by atoms with Crippen LogP contribution in [0.5, 0.6) is 0 Å². The number of carboxylic acid groups (broad SMARTS) is 1. The summed E-state index contributed by atoms with van der Waals surface area (Å²) in [6, 6.07) is 2.71. The average Bonchev–Trinajstić information content (AvgIpc) is 3.30. The second-order valence-corrected chi connectivity index (χ2v) is 11.4. The first-order valence-corrected chi connectivity index (χ1v) is 12.8. The van der Waals surface area contributed by atoms with Crippen molar-refractivity contribution in [3.63, 3.8) is 0 Å². The van der Waals surface area contributed by atoms with E-state index < -0.39 is 22.2 Å². The molecule has 172 valence electrons. The topological polar surface area (TPSA) is 70.3 Å². The van der Waals surface area contributed by atoms with Gasteiger partial charge >= 0.3 is 5.97 Å². The van der Waals surface area contributed by atoms with Gasteiger partial charge in [0.15, 0.2) is 0 Å². The van der Waals surface area contributed by atoms with Gasteiger partial charge in [-0.25, -0.2) is 0 Å². The molecule has 0 aliphatic heterocycles. The normalized spacial score (nSPS) is 42.5. The monoisotopic (exact) mass is 427 g/mol. The van der Waals surface area contributed by atoms with Gasteiger partial charge in [-0.1, -0.05) is 71.4 Å². The maximum atomic E-state index is 13.3. The number of carboxylic acids is 1. The lowest BCUT2D eigenvalue weighted by molar-refractivity contribution is -0.179. The highest BCUT2D eigenvalue weighted by molar-refractivity contribution is 5.85. The lowest BCUT2D eigenvalue weighted by Gasteiger charge is -2.57. The van der Waals surface area contributed by atoms with Crippen LogP contribution < -0.4 is 0 Å². The lowest BCUT2D eigenvalue weighted by Crippen LogP contribution is -2.62. The van der Waals surface area contributed by atoms with Crippen molar-refractivity contribution in [1.29, 1.82) is 5.26 Å². The molecule has 0 spiro atoms. The van der Waals surface area contributed by atoms with Crippen LogP contribution in [0.3, 0.4) is 0 Å². The SMILES string of the molecule is CCCCCCCOC[C@]12CC3C(C)CCC3[C@@]3(C#N)CC1C=C(C(C)C)C23C(=O)O. The average molecular weight is 428 g/mol. The maximum absolute atomic E-state index is 13.3. The van der Waals surface area contributed by atoms with Gasteiger partial charge < -0.3 is 9.84 Å². The van der Waals surface area contributed by atoms with E-state index in [0.717, 1.165) is 31.3 Å². The number of allylic oxidation sites excluding steroid dienone is 1. The summed E-state index contributed by atoms with van der Waals surface area (Å²) in [6.45, 7) is 9.94. The smallest absolute Gasteiger partial charge is 0.316 e. The van der Waals surface area contributed by atoms with Gasteiger partial charge in [0.25, 0.3) is 0 Å². The lowest BCUT2D eigenvalue weighted by atomic mass is 9.43. The van der Waals surface area contributed by atoms with Crippen LogP contribution in [0.15, 0.2) is 11.6 Å². The molecule has 4 heteroatoms. The quantitative estimate of drug-likeness (QED) is 0.332. The predicted molar refractivity (Wildman–Crippen MR) is 121 cm³/mol. The molecule has 3 fully saturated rings. The number of carbonyl (C=O) groups is 1. The van der Waals surface area contributed by atoms with Crippen molar-refractivity contribution >= 4 is 5.97 Å². The van der Waals surface area contributed by atoms with E-state index in [1.807, 2.05) is 0 Å². The zero-order valence-electron chi connectivity index (χ0n) is 20.0. The van der Waals surface area contributed by atoms with Crippen molar-refractivity contribution < 1.29 is 14.6 Å². The van der Waals surface area contributed by atoms with E-state index in [1.54, 1.807) is 0 Å². The fourth-order valence-electron chi connectivity index (χ4n) is 8.60. The van der Waals surface area contributed by atoms with Crippen molar-refractivity contribution in [3.05, 3.63) is 11.6 Å². The molecule has 0 aromatic rings. The molecular weight excluding hydrogens is 386 g/mol. The minimum Gasteiger partial charge on any atom is -0.481 e. The summed E-state index contributed by atoms with van der Waals surface area (Å²) in [5.74, 6) is 0.746. The first-order valence-electron chi connectivity index (χ1n) is 12.8. The van der Waals surface area contributed by atoms with Crippen LogP contribution in [-0.2, 0) is 9.53 Å². The molecule has 7 atom stereocenters. The zero-order chi connectivity index (χ0) is 22.4. The van der Waals surface area contributed by atoms with Crippen molar-refractivity contribution in [2.24, 2.45) is 45.8 Å². The van der Waals surface area contributed by atoms with Gasteiger partial charge in [-0.15, -0.1) is 0 Å². The molecule has 0 heterocycles. The third-order valence-corrected chi connectivity index (χ3v) is 9.79. The predicted octanol–water partition coefficient (Wildman–Crippen LogP) is 6.22. The van der Waals surface area contributed by atoms with Crippen molar-refractivity contribution in [2.45, 2.75) is 85.5 Å². The second kappa shape index (κ2) is 8.22. The third-order valence-electron chi connectivity index (χ3n) is 9.79. The Morgan fingerprint density at radius 1 is 1.26 bits per heavy atom. The first-order chi connectivity index (χ1) is 14.8. The van der Waals surface area contributed by atoms with E-state index in [2.05, 4.69) is 39.8 Å². The van der Waals surface area contributed by atoms with E-state index >= 15 is 0 Å². The van der Waals surface area contributed by atoms with Gasteiger partial charge in [-0.3, -0.25) is 4.79 Å². The van der Waals surface area contributed by atoms with Crippen molar-refractivity contribution in [2.75, 3.05) is 13.2 Å². The number of aliphatic carboxylic acids is 1. The van der Waals surface area contributed by atoms with Gasteiger partial charge in [-0.05, 0) is 55.3 Å². The van der Waals surface area contributed by atoms with Crippen LogP contribution in [0.1, 0.15) is 85.5 Å². The molecule has 4 aliphatic rings. The molecule has 0 aromatic heterocycles. The van der Waals surface area contributed by atoms with E-state index in [-0.39, 0.29) is 17.8 Å². The largest absolute Gasteiger partial charge is 0.481 e. The molecule has 4 nitrogen and oxygen atoms in total. The molecule has 4 rings (SSSR count). The summed E-state index contributed by atoms with van der Waals surface area (Å²) >= 11 is 0. The van der Waals surface area contributed by atoms with Gasteiger partial charge in [0.2, 0.25) is 0 Å². The van der Waals surface area contributed by atoms with E-state index in [0.29, 0.717) is 31.5 Å². The molecule has 0 radical (unpaired) electrons. The summed E-state index contributed by atoms with van der Waals surface area (Å²) < 4.78 is 6.33. The molecule has 3 saturated carbocycles.